The molecule has 2 aromatic carbocycles. The van der Waals surface area contributed by atoms with Crippen molar-refractivity contribution in [2.75, 3.05) is 10.8 Å². The number of halogens is 1. The number of sulfonamides is 1. The third-order valence-electron chi connectivity index (χ3n) is 7.07. The Labute approximate surface area is 205 Å². The highest BCUT2D eigenvalue weighted by molar-refractivity contribution is 7.96. The molecule has 1 spiro atoms. The van der Waals surface area contributed by atoms with Gasteiger partial charge < -0.3 is 5.11 Å². The second-order valence-corrected chi connectivity index (χ2v) is 11.2. The topological polar surface area (TPSA) is 73.7 Å². The summed E-state index contributed by atoms with van der Waals surface area (Å²) in [5.74, 6) is -0.273. The predicted molar refractivity (Wildman–Crippen MR) is 135 cm³/mol. The van der Waals surface area contributed by atoms with Gasteiger partial charge in [0, 0.05) is 36.3 Å². The van der Waals surface area contributed by atoms with Gasteiger partial charge in [0.2, 0.25) is 0 Å². The van der Waals surface area contributed by atoms with Crippen LogP contribution in [-0.2, 0) is 16.6 Å². The lowest BCUT2D eigenvalue weighted by molar-refractivity contribution is 0.120. The largest absolute Gasteiger partial charge is 0.507 e. The first-order valence-corrected chi connectivity index (χ1v) is 13.2. The molecule has 2 aliphatic rings. The molecule has 0 saturated carbocycles. The van der Waals surface area contributed by atoms with Crippen molar-refractivity contribution in [3.05, 3.63) is 89.2 Å². The molecule has 0 bridgehead atoms. The first kappa shape index (κ1) is 23.5. The van der Waals surface area contributed by atoms with Crippen LogP contribution in [0.4, 0.5) is 10.1 Å². The first-order valence-electron chi connectivity index (χ1n) is 11.7. The number of likely N-dealkylation sites (tertiary alicyclic amines) is 1. The predicted octanol–water partition coefficient (Wildman–Crippen LogP) is 4.99. The molecular formula is C27H28FN3O3S. The van der Waals surface area contributed by atoms with Crippen molar-refractivity contribution in [2.24, 2.45) is 0 Å². The average Bonchev–Trinajstić information content (AvgIpc) is 3.07. The van der Waals surface area contributed by atoms with Gasteiger partial charge in [0.1, 0.15) is 11.6 Å². The highest BCUT2D eigenvalue weighted by Gasteiger charge is 2.49. The number of nitrogens with zero attached hydrogens (tertiary/aromatic N) is 3. The Morgan fingerprint density at radius 2 is 2.00 bits per heavy atom. The molecule has 8 heteroatoms. The van der Waals surface area contributed by atoms with E-state index in [9.17, 15) is 17.9 Å². The number of rotatable bonds is 4. The summed E-state index contributed by atoms with van der Waals surface area (Å²) in [6.07, 6.45) is 4.66. The summed E-state index contributed by atoms with van der Waals surface area (Å²) >= 11 is 0. The van der Waals surface area contributed by atoms with E-state index in [0.717, 1.165) is 16.8 Å². The van der Waals surface area contributed by atoms with Gasteiger partial charge in [-0.2, -0.15) is 0 Å². The van der Waals surface area contributed by atoms with E-state index in [4.69, 9.17) is 0 Å². The fourth-order valence-corrected chi connectivity index (χ4v) is 7.03. The van der Waals surface area contributed by atoms with Gasteiger partial charge in [-0.15, -0.1) is 0 Å². The van der Waals surface area contributed by atoms with Gasteiger partial charge in [0.25, 0.3) is 10.0 Å². The summed E-state index contributed by atoms with van der Waals surface area (Å²) in [6.45, 7) is 5.39. The van der Waals surface area contributed by atoms with E-state index >= 15 is 0 Å². The molecule has 0 radical (unpaired) electrons. The summed E-state index contributed by atoms with van der Waals surface area (Å²) < 4.78 is 41.2. The van der Waals surface area contributed by atoms with Gasteiger partial charge in [-0.25, -0.2) is 12.8 Å². The molecule has 5 rings (SSSR count). The van der Waals surface area contributed by atoms with E-state index in [-0.39, 0.29) is 11.8 Å². The standard InChI is InChI=1S/C27H28FN3O3S/c1-19-5-4-12-29-26(19)24-15-21(8-9-25(24)32)18-30-13-10-27(17-20(30)2)11-14-35(33,34)31(27)23-7-3-6-22(28)16-23/h3-9,11-12,14-16,20,32H,10,13,17-18H2,1-2H3/t20-,27-/m0/s1. The van der Waals surface area contributed by atoms with E-state index in [2.05, 4.69) is 16.8 Å². The molecule has 0 amide bonds. The summed E-state index contributed by atoms with van der Waals surface area (Å²) in [5, 5.41) is 11.7. The molecule has 3 aromatic rings. The van der Waals surface area contributed by atoms with E-state index in [1.165, 1.54) is 27.9 Å². The Hall–Kier alpha value is -3.23. The first-order chi connectivity index (χ1) is 16.7. The SMILES string of the molecule is Cc1cccnc1-c1cc(CN2CC[C@]3(C=CS(=O)(=O)N3c3cccc(F)c3)C[C@@H]2C)ccc1O. The van der Waals surface area contributed by atoms with Crippen LogP contribution >= 0.6 is 0 Å². The van der Waals surface area contributed by atoms with Crippen LogP contribution in [0.3, 0.4) is 0 Å². The van der Waals surface area contributed by atoms with Crippen LogP contribution in [0.15, 0.2) is 72.3 Å². The zero-order chi connectivity index (χ0) is 24.8. The van der Waals surface area contributed by atoms with Crippen molar-refractivity contribution < 1.29 is 17.9 Å². The molecule has 1 saturated heterocycles. The number of aromatic nitrogens is 1. The maximum Gasteiger partial charge on any atom is 0.258 e. The summed E-state index contributed by atoms with van der Waals surface area (Å²) in [6, 6.07) is 15.3. The van der Waals surface area contributed by atoms with E-state index in [1.807, 2.05) is 31.2 Å². The van der Waals surface area contributed by atoms with Crippen LogP contribution in [0.1, 0.15) is 30.9 Å². The Morgan fingerprint density at radius 1 is 1.17 bits per heavy atom. The Balaban J connectivity index is 1.39. The lowest BCUT2D eigenvalue weighted by atomic mass is 9.83. The molecule has 35 heavy (non-hydrogen) atoms. The van der Waals surface area contributed by atoms with Crippen LogP contribution in [0, 0.1) is 12.7 Å². The Morgan fingerprint density at radius 3 is 2.74 bits per heavy atom. The van der Waals surface area contributed by atoms with Crippen molar-refractivity contribution in [1.82, 2.24) is 9.88 Å². The number of pyridine rings is 1. The molecule has 2 atom stereocenters. The zero-order valence-corrected chi connectivity index (χ0v) is 20.5. The minimum atomic E-state index is -3.68. The van der Waals surface area contributed by atoms with E-state index < -0.39 is 21.4 Å². The fourth-order valence-electron chi connectivity index (χ4n) is 5.35. The number of hydrogen-bond acceptors (Lipinski definition) is 5. The molecular weight excluding hydrogens is 465 g/mol. The quantitative estimate of drug-likeness (QED) is 0.554. The van der Waals surface area contributed by atoms with Crippen LogP contribution in [-0.4, -0.2) is 41.5 Å². The summed E-state index contributed by atoms with van der Waals surface area (Å²) in [4.78, 5) is 6.76. The second kappa shape index (κ2) is 8.77. The maximum absolute atomic E-state index is 13.9. The van der Waals surface area contributed by atoms with Gasteiger partial charge in [0.15, 0.2) is 0 Å². The molecule has 6 nitrogen and oxygen atoms in total. The minimum absolute atomic E-state index is 0.0756. The molecule has 0 unspecified atom stereocenters. The fraction of sp³-hybridized carbons (Fsp3) is 0.296. The number of phenolic OH excluding ortho intramolecular Hbond substituents is 1. The molecule has 3 heterocycles. The molecule has 1 N–H and O–H groups in total. The third-order valence-corrected chi connectivity index (χ3v) is 8.63. The monoisotopic (exact) mass is 493 g/mol. The van der Waals surface area contributed by atoms with Gasteiger partial charge in [0.05, 0.1) is 16.9 Å². The molecule has 1 fully saturated rings. The highest BCUT2D eigenvalue weighted by Crippen LogP contribution is 2.43. The lowest BCUT2D eigenvalue weighted by Gasteiger charge is -2.47. The van der Waals surface area contributed by atoms with Crippen molar-refractivity contribution >= 4 is 15.7 Å². The highest BCUT2D eigenvalue weighted by atomic mass is 32.2. The minimum Gasteiger partial charge on any atom is -0.507 e. The van der Waals surface area contributed by atoms with Gasteiger partial charge >= 0.3 is 0 Å². The van der Waals surface area contributed by atoms with Crippen molar-refractivity contribution in [3.8, 4) is 17.0 Å². The second-order valence-electron chi connectivity index (χ2n) is 9.49. The van der Waals surface area contributed by atoms with Crippen molar-refractivity contribution in [1.29, 1.82) is 0 Å². The Kier molecular flexibility index (Phi) is 5.89. The molecule has 2 aliphatic heterocycles. The number of hydrogen-bond donors (Lipinski definition) is 1. The number of aryl methyl sites for hydroxylation is 1. The van der Waals surface area contributed by atoms with E-state index in [1.54, 1.807) is 24.4 Å². The summed E-state index contributed by atoms with van der Waals surface area (Å²) in [5.41, 5.74) is 3.12. The van der Waals surface area contributed by atoms with E-state index in [0.29, 0.717) is 37.2 Å². The molecule has 0 aliphatic carbocycles. The number of benzene rings is 2. The molecule has 1 aromatic heterocycles. The summed E-state index contributed by atoms with van der Waals surface area (Å²) in [7, 11) is -3.68. The van der Waals surface area contributed by atoms with Crippen LogP contribution in [0.5, 0.6) is 5.75 Å². The number of piperidine rings is 1. The lowest BCUT2D eigenvalue weighted by Crippen LogP contribution is -2.56. The van der Waals surface area contributed by atoms with Crippen LogP contribution < -0.4 is 4.31 Å². The van der Waals surface area contributed by atoms with Gasteiger partial charge in [-0.1, -0.05) is 18.2 Å². The van der Waals surface area contributed by atoms with Crippen LogP contribution in [0.2, 0.25) is 0 Å². The van der Waals surface area contributed by atoms with Crippen molar-refractivity contribution in [2.45, 2.75) is 44.8 Å². The Bertz CT molecular complexity index is 1410. The maximum atomic E-state index is 13.9. The van der Waals surface area contributed by atoms with Gasteiger partial charge in [-0.3, -0.25) is 14.2 Å². The van der Waals surface area contributed by atoms with Crippen LogP contribution in [0.25, 0.3) is 11.3 Å². The van der Waals surface area contributed by atoms with Crippen molar-refractivity contribution in [3.63, 3.8) is 0 Å². The molecule has 182 valence electrons. The van der Waals surface area contributed by atoms with Gasteiger partial charge in [-0.05, 0) is 80.3 Å². The smallest absolute Gasteiger partial charge is 0.258 e. The number of phenols is 1. The normalized spacial score (nSPS) is 23.7. The number of aromatic hydroxyl groups is 1. The zero-order valence-electron chi connectivity index (χ0n) is 19.7. The number of anilines is 1. The average molecular weight is 494 g/mol. The third kappa shape index (κ3) is 4.32.